The molecule has 0 atom stereocenters. The Morgan fingerprint density at radius 3 is 2.46 bits per heavy atom. The molecular weight excluding hydrogens is 359 g/mol. The van der Waals surface area contributed by atoms with Crippen molar-refractivity contribution in [2.75, 3.05) is 6.54 Å². The smallest absolute Gasteiger partial charge is 0.240 e. The molecule has 0 saturated heterocycles. The number of rotatable bonds is 6. The first-order valence-electron chi connectivity index (χ1n) is 7.63. The zero-order chi connectivity index (χ0) is 18.7. The van der Waals surface area contributed by atoms with Gasteiger partial charge in [0.15, 0.2) is 5.78 Å². The predicted molar refractivity (Wildman–Crippen MR) is 92.0 cm³/mol. The van der Waals surface area contributed by atoms with Gasteiger partial charge in [0.1, 0.15) is 5.82 Å². The molecule has 0 unspecified atom stereocenters. The Labute approximate surface area is 149 Å². The molecule has 134 valence electrons. The van der Waals surface area contributed by atoms with Crippen LogP contribution in [-0.4, -0.2) is 35.7 Å². The van der Waals surface area contributed by atoms with Gasteiger partial charge >= 0.3 is 0 Å². The molecule has 1 heterocycles. The second-order valence-electron chi connectivity index (χ2n) is 5.50. The van der Waals surface area contributed by atoms with Crippen molar-refractivity contribution in [3.63, 3.8) is 0 Å². The highest BCUT2D eigenvalue weighted by Gasteiger charge is 2.20. The molecule has 0 bridgehead atoms. The Kier molecular flexibility index (Phi) is 4.92. The van der Waals surface area contributed by atoms with E-state index in [0.29, 0.717) is 5.69 Å². The van der Waals surface area contributed by atoms with Crippen LogP contribution in [0.5, 0.6) is 0 Å². The molecule has 1 N–H and O–H groups in total. The van der Waals surface area contributed by atoms with Crippen molar-refractivity contribution in [1.29, 1.82) is 0 Å². The van der Waals surface area contributed by atoms with Gasteiger partial charge < -0.3 is 0 Å². The molecule has 0 radical (unpaired) electrons. The molecule has 2 aromatic carbocycles. The maximum absolute atomic E-state index is 14.4. The average Bonchev–Trinajstić information content (AvgIpc) is 3.17. The average molecular weight is 374 g/mol. The summed E-state index contributed by atoms with van der Waals surface area (Å²) in [6.07, 6.45) is 2.91. The van der Waals surface area contributed by atoms with Gasteiger partial charge in [-0.05, 0) is 36.8 Å². The number of carbonyl (C=O) groups is 1. The fourth-order valence-corrected chi connectivity index (χ4v) is 3.36. The molecule has 0 saturated carbocycles. The van der Waals surface area contributed by atoms with Gasteiger partial charge in [-0.15, -0.1) is 0 Å². The number of nitrogens with one attached hydrogen (secondary N) is 1. The second-order valence-corrected chi connectivity index (χ2v) is 7.27. The lowest BCUT2D eigenvalue weighted by atomic mass is 10.1. The Hall–Kier alpha value is -2.91. The van der Waals surface area contributed by atoms with E-state index in [1.54, 1.807) is 18.2 Å². The van der Waals surface area contributed by atoms with Crippen LogP contribution < -0.4 is 4.72 Å². The molecule has 0 amide bonds. The van der Waals surface area contributed by atoms with Gasteiger partial charge in [0.2, 0.25) is 10.0 Å². The first kappa shape index (κ1) is 17.9. The third kappa shape index (κ3) is 3.68. The zero-order valence-corrected chi connectivity index (χ0v) is 14.6. The lowest BCUT2D eigenvalue weighted by molar-refractivity contribution is 0.0993. The van der Waals surface area contributed by atoms with Crippen LogP contribution in [0.15, 0.2) is 59.8 Å². The van der Waals surface area contributed by atoms with Crippen molar-refractivity contribution >= 4 is 15.8 Å². The molecule has 3 rings (SSSR count). The van der Waals surface area contributed by atoms with Crippen LogP contribution in [0.1, 0.15) is 15.9 Å². The van der Waals surface area contributed by atoms with E-state index >= 15 is 0 Å². The summed E-state index contributed by atoms with van der Waals surface area (Å²) >= 11 is 0. The van der Waals surface area contributed by atoms with Crippen LogP contribution in [0.2, 0.25) is 0 Å². The number of halogens is 1. The number of aryl methyl sites for hydroxylation is 1. The van der Waals surface area contributed by atoms with Crippen LogP contribution in [-0.2, 0) is 10.0 Å². The summed E-state index contributed by atoms with van der Waals surface area (Å²) in [7, 11) is -3.86. The maximum Gasteiger partial charge on any atom is 0.240 e. The highest BCUT2D eigenvalue weighted by Crippen LogP contribution is 2.18. The lowest BCUT2D eigenvalue weighted by Crippen LogP contribution is -2.30. The van der Waals surface area contributed by atoms with Crippen LogP contribution in [0.25, 0.3) is 5.69 Å². The van der Waals surface area contributed by atoms with Crippen molar-refractivity contribution in [2.24, 2.45) is 0 Å². The molecular formula is C17H15FN4O3S. The molecule has 26 heavy (non-hydrogen) atoms. The highest BCUT2D eigenvalue weighted by molar-refractivity contribution is 7.89. The molecule has 0 aliphatic carbocycles. The van der Waals surface area contributed by atoms with Crippen LogP contribution >= 0.6 is 0 Å². The fourth-order valence-electron chi connectivity index (χ4n) is 2.36. The zero-order valence-electron chi connectivity index (χ0n) is 13.8. The van der Waals surface area contributed by atoms with E-state index in [-0.39, 0.29) is 16.0 Å². The summed E-state index contributed by atoms with van der Waals surface area (Å²) in [4.78, 5) is 13.7. The van der Waals surface area contributed by atoms with Gasteiger partial charge in [-0.2, -0.15) is 15.0 Å². The summed E-state index contributed by atoms with van der Waals surface area (Å²) in [6, 6.07) is 10.4. The third-order valence-corrected chi connectivity index (χ3v) is 5.08. The molecule has 0 spiro atoms. The van der Waals surface area contributed by atoms with E-state index in [4.69, 9.17) is 0 Å². The number of benzene rings is 2. The van der Waals surface area contributed by atoms with Gasteiger partial charge in [-0.3, -0.25) is 4.79 Å². The summed E-state index contributed by atoms with van der Waals surface area (Å²) in [5, 5.41) is 7.89. The first-order valence-corrected chi connectivity index (χ1v) is 9.11. The summed E-state index contributed by atoms with van der Waals surface area (Å²) in [6.45, 7) is 0.941. The number of sulfonamides is 1. The van der Waals surface area contributed by atoms with Gasteiger partial charge in [-0.1, -0.05) is 18.2 Å². The van der Waals surface area contributed by atoms with Crippen molar-refractivity contribution in [3.05, 3.63) is 71.8 Å². The second kappa shape index (κ2) is 7.14. The third-order valence-electron chi connectivity index (χ3n) is 3.67. The molecule has 0 fully saturated rings. The SMILES string of the molecule is Cc1cc(-n2nccn2)cc(C(=O)CNS(=O)(=O)c2ccccc2)c1F. The van der Waals surface area contributed by atoms with E-state index in [2.05, 4.69) is 14.9 Å². The summed E-state index contributed by atoms with van der Waals surface area (Å²) in [5.74, 6) is -1.40. The number of Topliss-reactive ketones (excluding diaryl/α,β-unsaturated/α-hetero) is 1. The molecule has 0 aliphatic heterocycles. The maximum atomic E-state index is 14.4. The Balaban J connectivity index is 1.84. The number of hydrogen-bond acceptors (Lipinski definition) is 5. The number of hydrogen-bond donors (Lipinski definition) is 1. The quantitative estimate of drug-likeness (QED) is 0.665. The first-order chi connectivity index (χ1) is 12.4. The van der Waals surface area contributed by atoms with E-state index in [1.807, 2.05) is 0 Å². The van der Waals surface area contributed by atoms with Gasteiger partial charge in [0.05, 0.1) is 35.1 Å². The van der Waals surface area contributed by atoms with Gasteiger partial charge in [0.25, 0.3) is 0 Å². The molecule has 3 aromatic rings. The fraction of sp³-hybridized carbons (Fsp3) is 0.118. The Bertz CT molecular complexity index is 1040. The van der Waals surface area contributed by atoms with Crippen molar-refractivity contribution in [2.45, 2.75) is 11.8 Å². The summed E-state index contributed by atoms with van der Waals surface area (Å²) < 4.78 is 40.9. The van der Waals surface area contributed by atoms with E-state index in [9.17, 15) is 17.6 Å². The summed E-state index contributed by atoms with van der Waals surface area (Å²) in [5.41, 5.74) is 0.408. The highest BCUT2D eigenvalue weighted by atomic mass is 32.2. The van der Waals surface area contributed by atoms with Crippen LogP contribution in [0.3, 0.4) is 0 Å². The monoisotopic (exact) mass is 374 g/mol. The number of nitrogens with zero attached hydrogens (tertiary/aromatic N) is 3. The number of aromatic nitrogens is 3. The van der Waals surface area contributed by atoms with Gasteiger partial charge in [0, 0.05) is 0 Å². The van der Waals surface area contributed by atoms with Crippen molar-refractivity contribution in [1.82, 2.24) is 19.7 Å². The van der Waals surface area contributed by atoms with E-state index in [1.165, 1.54) is 48.4 Å². The molecule has 7 nitrogen and oxygen atoms in total. The van der Waals surface area contributed by atoms with Crippen LogP contribution in [0.4, 0.5) is 4.39 Å². The van der Waals surface area contributed by atoms with E-state index < -0.39 is 28.2 Å². The molecule has 9 heteroatoms. The molecule has 1 aromatic heterocycles. The Morgan fingerprint density at radius 2 is 1.81 bits per heavy atom. The minimum atomic E-state index is -3.86. The minimum absolute atomic E-state index is 0.0268. The standard InChI is InChI=1S/C17H15FN4O3S/c1-12-9-13(22-19-7-8-20-22)10-15(17(12)18)16(23)11-21-26(24,25)14-5-3-2-4-6-14/h2-10,21H,11H2,1H3. The topological polar surface area (TPSA) is 93.9 Å². The Morgan fingerprint density at radius 1 is 1.15 bits per heavy atom. The normalized spacial score (nSPS) is 11.5. The van der Waals surface area contributed by atoms with Crippen molar-refractivity contribution < 1.29 is 17.6 Å². The number of carbonyl (C=O) groups excluding carboxylic acids is 1. The largest absolute Gasteiger partial charge is 0.293 e. The minimum Gasteiger partial charge on any atom is -0.293 e. The lowest BCUT2D eigenvalue weighted by Gasteiger charge is -2.10. The molecule has 0 aliphatic rings. The van der Waals surface area contributed by atoms with Crippen LogP contribution in [0, 0.1) is 12.7 Å². The van der Waals surface area contributed by atoms with Crippen molar-refractivity contribution in [3.8, 4) is 5.69 Å². The predicted octanol–water partition coefficient (Wildman–Crippen LogP) is 1.88. The van der Waals surface area contributed by atoms with E-state index in [0.717, 1.165) is 0 Å². The number of ketones is 1. The van der Waals surface area contributed by atoms with Gasteiger partial charge in [-0.25, -0.2) is 17.5 Å².